The molecule has 0 radical (unpaired) electrons. The van der Waals surface area contributed by atoms with E-state index in [0.29, 0.717) is 12.5 Å². The quantitative estimate of drug-likeness (QED) is 0.469. The summed E-state index contributed by atoms with van der Waals surface area (Å²) in [6.07, 6.45) is 4.72. The number of carbonyl (C=O) groups is 1. The topological polar surface area (TPSA) is 37.6 Å². The Bertz CT molecular complexity index is 1060. The summed E-state index contributed by atoms with van der Waals surface area (Å²) in [7, 11) is 0. The Hall–Kier alpha value is -2.44. The number of nitrogens with zero attached hydrogens (tertiary/aromatic N) is 3. The van der Waals surface area contributed by atoms with E-state index >= 15 is 0 Å². The van der Waals surface area contributed by atoms with Gasteiger partial charge in [0.2, 0.25) is 5.91 Å². The van der Waals surface area contributed by atoms with Gasteiger partial charge in [0, 0.05) is 33.8 Å². The van der Waals surface area contributed by atoms with E-state index in [1.165, 1.54) is 4.88 Å². The summed E-state index contributed by atoms with van der Waals surface area (Å²) < 4.78 is 2.07. The number of carbonyl (C=O) groups excluding carboxylic acids is 1. The van der Waals surface area contributed by atoms with E-state index in [9.17, 15) is 4.79 Å². The maximum atomic E-state index is 13.0. The van der Waals surface area contributed by atoms with Gasteiger partial charge in [0.1, 0.15) is 0 Å². The van der Waals surface area contributed by atoms with Crippen molar-refractivity contribution in [3.05, 3.63) is 70.0 Å². The van der Waals surface area contributed by atoms with Gasteiger partial charge in [-0.2, -0.15) is 0 Å². The summed E-state index contributed by atoms with van der Waals surface area (Å²) in [5.41, 5.74) is 3.07. The minimum absolute atomic E-state index is 0.209. The number of fused-ring (bicyclic) bond motifs is 1. The third-order valence-electron chi connectivity index (χ3n) is 4.90. The van der Waals surface area contributed by atoms with Crippen molar-refractivity contribution in [3.63, 3.8) is 0 Å². The lowest BCUT2D eigenvalue weighted by Gasteiger charge is -2.21. The number of thiazole rings is 1. The van der Waals surface area contributed by atoms with E-state index in [1.54, 1.807) is 22.7 Å². The first kappa shape index (κ1) is 16.7. The molecule has 0 saturated heterocycles. The molecule has 0 bridgehead atoms. The second-order valence-electron chi connectivity index (χ2n) is 6.88. The molecule has 136 valence electrons. The van der Waals surface area contributed by atoms with Gasteiger partial charge in [-0.05, 0) is 24.3 Å². The highest BCUT2D eigenvalue weighted by Gasteiger charge is 2.33. The van der Waals surface area contributed by atoms with Gasteiger partial charge in [0.15, 0.2) is 4.96 Å². The molecule has 5 rings (SSSR count). The van der Waals surface area contributed by atoms with Gasteiger partial charge in [-0.1, -0.05) is 36.4 Å². The summed E-state index contributed by atoms with van der Waals surface area (Å²) in [5.74, 6) is 0.209. The van der Waals surface area contributed by atoms with Crippen LogP contribution in [-0.4, -0.2) is 26.2 Å². The van der Waals surface area contributed by atoms with Crippen LogP contribution < -0.4 is 0 Å². The Balaban J connectivity index is 1.38. The molecule has 0 unspecified atom stereocenters. The molecule has 4 nitrogen and oxygen atoms in total. The molecule has 0 N–H and O–H groups in total. The molecule has 4 aromatic rings. The van der Waals surface area contributed by atoms with Gasteiger partial charge < -0.3 is 4.90 Å². The van der Waals surface area contributed by atoms with Crippen molar-refractivity contribution >= 4 is 33.5 Å². The fraction of sp³-hybridized carbons (Fsp3) is 0.238. The minimum Gasteiger partial charge on any atom is -0.334 e. The molecular formula is C21H19N3OS2. The predicted molar refractivity (Wildman–Crippen MR) is 110 cm³/mol. The van der Waals surface area contributed by atoms with E-state index in [2.05, 4.69) is 44.3 Å². The van der Waals surface area contributed by atoms with E-state index in [1.807, 2.05) is 24.4 Å². The van der Waals surface area contributed by atoms with E-state index in [-0.39, 0.29) is 5.91 Å². The third kappa shape index (κ3) is 3.42. The molecule has 1 amide bonds. The first-order chi connectivity index (χ1) is 13.3. The predicted octanol–water partition coefficient (Wildman–Crippen LogP) is 4.86. The van der Waals surface area contributed by atoms with Crippen molar-refractivity contribution in [1.29, 1.82) is 0 Å². The Morgan fingerprint density at radius 2 is 2.00 bits per heavy atom. The van der Waals surface area contributed by atoms with Gasteiger partial charge in [-0.3, -0.25) is 9.20 Å². The molecule has 0 aliphatic heterocycles. The molecule has 27 heavy (non-hydrogen) atoms. The van der Waals surface area contributed by atoms with Crippen molar-refractivity contribution in [2.24, 2.45) is 0 Å². The van der Waals surface area contributed by atoms with Gasteiger partial charge in [0.25, 0.3) is 0 Å². The van der Waals surface area contributed by atoms with Crippen LogP contribution >= 0.6 is 22.7 Å². The summed E-state index contributed by atoms with van der Waals surface area (Å²) in [4.78, 5) is 22.0. The van der Waals surface area contributed by atoms with Crippen LogP contribution in [0.15, 0.2) is 59.4 Å². The third-order valence-corrected chi connectivity index (χ3v) is 6.65. The molecule has 3 heterocycles. The number of thiophene rings is 1. The standard InChI is InChI=1S/C21H19N3OS2/c25-20(23(16-8-9-16)12-18-7-4-10-26-18)11-17-14-27-21-22-19(13-24(17)21)15-5-2-1-3-6-15/h1-7,10,13-14,16H,8-9,11-12H2. The molecule has 0 spiro atoms. The first-order valence-corrected chi connectivity index (χ1v) is 10.9. The number of imidazole rings is 1. The number of hydrogen-bond acceptors (Lipinski definition) is 4. The lowest BCUT2D eigenvalue weighted by atomic mass is 10.2. The van der Waals surface area contributed by atoms with Crippen molar-refractivity contribution in [2.45, 2.75) is 31.8 Å². The van der Waals surface area contributed by atoms with Crippen LogP contribution in [0.5, 0.6) is 0 Å². The maximum Gasteiger partial charge on any atom is 0.229 e. The van der Waals surface area contributed by atoms with E-state index < -0.39 is 0 Å². The lowest BCUT2D eigenvalue weighted by molar-refractivity contribution is -0.131. The molecule has 3 aromatic heterocycles. The molecule has 1 fully saturated rings. The van der Waals surface area contributed by atoms with Gasteiger partial charge in [-0.25, -0.2) is 4.98 Å². The molecule has 1 saturated carbocycles. The number of hydrogen-bond donors (Lipinski definition) is 0. The van der Waals surface area contributed by atoms with Crippen LogP contribution in [0.25, 0.3) is 16.2 Å². The lowest BCUT2D eigenvalue weighted by Crippen LogP contribution is -2.33. The van der Waals surface area contributed by atoms with Crippen molar-refractivity contribution in [1.82, 2.24) is 14.3 Å². The highest BCUT2D eigenvalue weighted by atomic mass is 32.1. The highest BCUT2D eigenvalue weighted by Crippen LogP contribution is 2.30. The van der Waals surface area contributed by atoms with E-state index in [0.717, 1.165) is 41.3 Å². The molecule has 0 atom stereocenters. The number of benzene rings is 1. The first-order valence-electron chi connectivity index (χ1n) is 9.10. The summed E-state index contributed by atoms with van der Waals surface area (Å²) in [6, 6.07) is 14.7. The minimum atomic E-state index is 0.209. The van der Waals surface area contributed by atoms with E-state index in [4.69, 9.17) is 4.98 Å². The Morgan fingerprint density at radius 1 is 1.15 bits per heavy atom. The molecule has 6 heteroatoms. The summed E-state index contributed by atoms with van der Waals surface area (Å²) in [5, 5.41) is 4.13. The molecular weight excluding hydrogens is 374 g/mol. The Morgan fingerprint density at radius 3 is 2.74 bits per heavy atom. The Labute approximate surface area is 165 Å². The fourth-order valence-corrected chi connectivity index (χ4v) is 4.91. The molecule has 1 aliphatic carbocycles. The molecule has 1 aliphatic rings. The molecule has 1 aromatic carbocycles. The van der Waals surface area contributed by atoms with Gasteiger partial charge in [-0.15, -0.1) is 22.7 Å². The number of amides is 1. The zero-order valence-corrected chi connectivity index (χ0v) is 16.4. The fourth-order valence-electron chi connectivity index (χ4n) is 3.34. The average Bonchev–Trinajstić information content (AvgIpc) is 3.07. The van der Waals surface area contributed by atoms with Crippen LogP contribution in [0, 0.1) is 0 Å². The monoisotopic (exact) mass is 393 g/mol. The average molecular weight is 394 g/mol. The largest absolute Gasteiger partial charge is 0.334 e. The summed E-state index contributed by atoms with van der Waals surface area (Å²) in [6.45, 7) is 0.730. The maximum absolute atomic E-state index is 13.0. The second-order valence-corrected chi connectivity index (χ2v) is 8.75. The smallest absolute Gasteiger partial charge is 0.229 e. The number of aromatic nitrogens is 2. The van der Waals surface area contributed by atoms with Crippen LogP contribution in [0.4, 0.5) is 0 Å². The van der Waals surface area contributed by atoms with Gasteiger partial charge in [0.05, 0.1) is 18.7 Å². The summed E-state index contributed by atoms with van der Waals surface area (Å²) >= 11 is 3.31. The highest BCUT2D eigenvalue weighted by molar-refractivity contribution is 7.15. The van der Waals surface area contributed by atoms with Crippen molar-refractivity contribution in [3.8, 4) is 11.3 Å². The van der Waals surface area contributed by atoms with Gasteiger partial charge >= 0.3 is 0 Å². The Kier molecular flexibility index (Phi) is 4.30. The van der Waals surface area contributed by atoms with Crippen LogP contribution in [-0.2, 0) is 17.8 Å². The SMILES string of the molecule is O=C(Cc1csc2nc(-c3ccccc3)cn12)N(Cc1cccs1)C1CC1. The van der Waals surface area contributed by atoms with Crippen LogP contribution in [0.2, 0.25) is 0 Å². The van der Waals surface area contributed by atoms with Crippen molar-refractivity contribution < 1.29 is 4.79 Å². The normalized spacial score (nSPS) is 13.9. The second kappa shape index (κ2) is 6.94. The van der Waals surface area contributed by atoms with Crippen LogP contribution in [0.1, 0.15) is 23.4 Å². The van der Waals surface area contributed by atoms with Crippen molar-refractivity contribution in [2.75, 3.05) is 0 Å². The van der Waals surface area contributed by atoms with Crippen LogP contribution in [0.3, 0.4) is 0 Å². The number of rotatable bonds is 6. The zero-order valence-electron chi connectivity index (χ0n) is 14.7. The zero-order chi connectivity index (χ0) is 18.2.